The van der Waals surface area contributed by atoms with Crippen LogP contribution in [0.15, 0.2) is 54.6 Å². The van der Waals surface area contributed by atoms with Crippen molar-refractivity contribution in [3.8, 4) is 0 Å². The second-order valence-corrected chi connectivity index (χ2v) is 5.81. The summed E-state index contributed by atoms with van der Waals surface area (Å²) in [5.74, 6) is 0. The molecule has 0 saturated carbocycles. The molecule has 0 aliphatic carbocycles. The Balaban J connectivity index is 1.90. The van der Waals surface area contributed by atoms with Gasteiger partial charge < -0.3 is 4.74 Å². The highest BCUT2D eigenvalue weighted by atomic mass is 31.1. The van der Waals surface area contributed by atoms with Crippen molar-refractivity contribution in [2.45, 2.75) is 19.1 Å². The van der Waals surface area contributed by atoms with Gasteiger partial charge in [-0.05, 0) is 41.3 Å². The molecule has 20 heavy (non-hydrogen) atoms. The van der Waals surface area contributed by atoms with E-state index in [1.165, 1.54) is 0 Å². The summed E-state index contributed by atoms with van der Waals surface area (Å²) in [6.45, 7) is 2.05. The lowest BCUT2D eigenvalue weighted by Gasteiger charge is -2.12. The number of benzene rings is 2. The van der Waals surface area contributed by atoms with Crippen LogP contribution < -0.4 is 10.2 Å². The first-order valence-electron chi connectivity index (χ1n) is 6.49. The first kappa shape index (κ1) is 13.3. The maximum atomic E-state index is 11.9. The molecule has 1 aliphatic rings. The van der Waals surface area contributed by atoms with Gasteiger partial charge in [0.15, 0.2) is 0 Å². The molecule has 0 amide bonds. The molecular weight excluding hydrogens is 271 g/mol. The Morgan fingerprint density at radius 2 is 1.60 bits per heavy atom. The van der Waals surface area contributed by atoms with Crippen LogP contribution in [0.5, 0.6) is 0 Å². The quantitative estimate of drug-likeness (QED) is 0.684. The smallest absolute Gasteiger partial charge is 0.365 e. The Labute approximate surface area is 119 Å². The topological polar surface area (TPSA) is 58.9 Å². The molecule has 2 N–H and O–H groups in total. The molecule has 1 saturated heterocycles. The zero-order valence-corrected chi connectivity index (χ0v) is 12.0. The standard InChI is InChI=1S/C15H16N2O2P/c1-11-15(19-11)12-7-9-14(10-8-12)17(20(16)18)13-5-3-2-4-6-13/h2-11,15H,1H3,(H2,16,18)/q+1/t11-,15-/m1/s1. The van der Waals surface area contributed by atoms with Crippen molar-refractivity contribution in [3.63, 3.8) is 0 Å². The molecule has 4 nitrogen and oxygen atoms in total. The average molecular weight is 287 g/mol. The van der Waals surface area contributed by atoms with E-state index in [2.05, 4.69) is 0 Å². The second kappa shape index (κ2) is 5.33. The molecule has 1 heterocycles. The Morgan fingerprint density at radius 1 is 1.05 bits per heavy atom. The van der Waals surface area contributed by atoms with Gasteiger partial charge in [-0.15, -0.1) is 4.67 Å². The van der Waals surface area contributed by atoms with E-state index >= 15 is 0 Å². The third-order valence-corrected chi connectivity index (χ3v) is 4.23. The number of ether oxygens (including phenoxy) is 1. The zero-order valence-electron chi connectivity index (χ0n) is 11.1. The lowest BCUT2D eigenvalue weighted by Crippen LogP contribution is -2.10. The van der Waals surface area contributed by atoms with Crippen molar-refractivity contribution >= 4 is 19.5 Å². The molecule has 2 aromatic rings. The number of anilines is 2. The number of rotatable bonds is 4. The Hall–Kier alpha value is -1.74. The van der Waals surface area contributed by atoms with E-state index in [0.29, 0.717) is 0 Å². The lowest BCUT2D eigenvalue weighted by atomic mass is 10.1. The molecular formula is C15H16N2O2P+. The number of hydrogen-bond donors (Lipinski definition) is 1. The predicted molar refractivity (Wildman–Crippen MR) is 80.1 cm³/mol. The molecule has 1 aliphatic heterocycles. The molecule has 0 radical (unpaired) electrons. The van der Waals surface area contributed by atoms with Crippen molar-refractivity contribution in [2.24, 2.45) is 5.50 Å². The van der Waals surface area contributed by atoms with Gasteiger partial charge in [-0.3, -0.25) is 0 Å². The Bertz CT molecular complexity index is 616. The highest BCUT2D eigenvalue weighted by Gasteiger charge is 2.36. The van der Waals surface area contributed by atoms with Gasteiger partial charge in [-0.25, -0.2) is 0 Å². The van der Waals surface area contributed by atoms with Gasteiger partial charge in [-0.2, -0.15) is 0 Å². The van der Waals surface area contributed by atoms with Crippen molar-refractivity contribution < 1.29 is 9.30 Å². The first-order chi connectivity index (χ1) is 9.66. The van der Waals surface area contributed by atoms with Gasteiger partial charge in [-0.1, -0.05) is 35.8 Å². The van der Waals surface area contributed by atoms with Crippen molar-refractivity contribution in [1.29, 1.82) is 0 Å². The molecule has 1 unspecified atom stereocenters. The number of epoxide rings is 1. The van der Waals surface area contributed by atoms with E-state index < -0.39 is 8.10 Å². The van der Waals surface area contributed by atoms with Crippen molar-refractivity contribution in [3.05, 3.63) is 60.2 Å². The molecule has 0 bridgehead atoms. The van der Waals surface area contributed by atoms with Crippen LogP contribution in [0.25, 0.3) is 0 Å². The summed E-state index contributed by atoms with van der Waals surface area (Å²) < 4.78 is 18.9. The number of para-hydroxylation sites is 1. The third kappa shape index (κ3) is 2.59. The number of hydrogen-bond acceptors (Lipinski definition) is 2. The van der Waals surface area contributed by atoms with E-state index in [1.54, 1.807) is 4.67 Å². The minimum absolute atomic E-state index is 0.195. The van der Waals surface area contributed by atoms with Gasteiger partial charge in [0.2, 0.25) is 0 Å². The number of nitrogens with two attached hydrogens (primary N) is 1. The lowest BCUT2D eigenvalue weighted by molar-refractivity contribution is 0.383. The van der Waals surface area contributed by atoms with Crippen molar-refractivity contribution in [2.75, 3.05) is 4.67 Å². The molecule has 3 rings (SSSR count). The molecule has 3 atom stereocenters. The predicted octanol–water partition coefficient (Wildman–Crippen LogP) is 3.90. The summed E-state index contributed by atoms with van der Waals surface area (Å²) >= 11 is 0. The molecule has 5 heteroatoms. The van der Waals surface area contributed by atoms with E-state index in [0.717, 1.165) is 16.9 Å². The third-order valence-electron chi connectivity index (χ3n) is 3.38. The van der Waals surface area contributed by atoms with Crippen LogP contribution in [0, 0.1) is 0 Å². The fourth-order valence-electron chi connectivity index (χ4n) is 2.29. The van der Waals surface area contributed by atoms with Crippen LogP contribution in [0.4, 0.5) is 11.4 Å². The summed E-state index contributed by atoms with van der Waals surface area (Å²) in [6.07, 6.45) is 0.484. The Kier molecular flexibility index (Phi) is 3.53. The molecule has 0 aromatic heterocycles. The van der Waals surface area contributed by atoms with E-state index in [1.807, 2.05) is 61.5 Å². The Morgan fingerprint density at radius 3 is 2.10 bits per heavy atom. The molecule has 0 spiro atoms. The van der Waals surface area contributed by atoms with Crippen LogP contribution >= 0.6 is 8.10 Å². The molecule has 1 fully saturated rings. The van der Waals surface area contributed by atoms with E-state index in [4.69, 9.17) is 10.2 Å². The molecule has 102 valence electrons. The maximum Gasteiger partial charge on any atom is 0.565 e. The summed E-state index contributed by atoms with van der Waals surface area (Å²) in [4.78, 5) is 0. The van der Waals surface area contributed by atoms with Gasteiger partial charge in [0.05, 0.1) is 17.5 Å². The minimum Gasteiger partial charge on any atom is -0.365 e. The van der Waals surface area contributed by atoms with Gasteiger partial charge >= 0.3 is 8.10 Å². The van der Waals surface area contributed by atoms with Crippen LogP contribution in [0.2, 0.25) is 0 Å². The van der Waals surface area contributed by atoms with E-state index in [9.17, 15) is 4.57 Å². The average Bonchev–Trinajstić information content (AvgIpc) is 3.18. The van der Waals surface area contributed by atoms with Gasteiger partial charge in [0.1, 0.15) is 6.10 Å². The highest BCUT2D eigenvalue weighted by molar-refractivity contribution is 7.44. The van der Waals surface area contributed by atoms with Gasteiger partial charge in [0.25, 0.3) is 0 Å². The zero-order chi connectivity index (χ0) is 14.1. The van der Waals surface area contributed by atoms with Crippen LogP contribution in [0.3, 0.4) is 0 Å². The summed E-state index contributed by atoms with van der Waals surface area (Å²) in [6, 6.07) is 17.3. The maximum absolute atomic E-state index is 11.9. The largest absolute Gasteiger partial charge is 0.565 e. The van der Waals surface area contributed by atoms with Crippen LogP contribution in [-0.4, -0.2) is 6.10 Å². The summed E-state index contributed by atoms with van der Waals surface area (Å²) in [7, 11) is -1.98. The van der Waals surface area contributed by atoms with Gasteiger partial charge in [0, 0.05) is 0 Å². The van der Waals surface area contributed by atoms with Crippen LogP contribution in [0.1, 0.15) is 18.6 Å². The fourth-order valence-corrected chi connectivity index (χ4v) is 3.01. The van der Waals surface area contributed by atoms with Crippen molar-refractivity contribution in [1.82, 2.24) is 0 Å². The molecule has 2 aromatic carbocycles. The second-order valence-electron chi connectivity index (χ2n) is 4.80. The number of nitrogens with zero attached hydrogens (tertiary/aromatic N) is 1. The summed E-state index contributed by atoms with van der Waals surface area (Å²) in [5, 5.41) is 0. The van der Waals surface area contributed by atoms with Crippen LogP contribution in [-0.2, 0) is 9.30 Å². The SMILES string of the molecule is C[C@H]1O[C@H]1c1ccc(N(c2ccccc2)[P+](N)=O)cc1. The minimum atomic E-state index is -1.98. The normalized spacial score (nSPS) is 21.4. The summed E-state index contributed by atoms with van der Waals surface area (Å²) in [5.41, 5.74) is 8.42. The van der Waals surface area contributed by atoms with E-state index in [-0.39, 0.29) is 12.2 Å². The highest BCUT2D eigenvalue weighted by Crippen LogP contribution is 2.41. The fraction of sp³-hybridized carbons (Fsp3) is 0.200. The monoisotopic (exact) mass is 287 g/mol. The first-order valence-corrected chi connectivity index (χ1v) is 7.77.